The summed E-state index contributed by atoms with van der Waals surface area (Å²) in [7, 11) is -9.45. The van der Waals surface area contributed by atoms with Crippen LogP contribution in [0.5, 0.6) is 0 Å². The van der Waals surface area contributed by atoms with Gasteiger partial charge in [-0.3, -0.25) is 18.7 Å². The maximum Gasteiger partial charge on any atom is 0.356 e. The van der Waals surface area contributed by atoms with Crippen molar-refractivity contribution in [3.8, 4) is 0 Å². The van der Waals surface area contributed by atoms with Crippen LogP contribution in [0.15, 0.2) is 60.7 Å². The first-order chi connectivity index (χ1) is 14.8. The monoisotopic (exact) mass is 474 g/mol. The van der Waals surface area contributed by atoms with Crippen molar-refractivity contribution in [3.63, 3.8) is 0 Å². The summed E-state index contributed by atoms with van der Waals surface area (Å²) in [5, 5.41) is -0.892. The maximum absolute atomic E-state index is 13.0. The Morgan fingerprint density at radius 1 is 0.656 bits per heavy atom. The van der Waals surface area contributed by atoms with Crippen LogP contribution in [-0.4, -0.2) is 31.1 Å². The fourth-order valence-corrected chi connectivity index (χ4v) is 4.54. The van der Waals surface area contributed by atoms with E-state index in [1.54, 1.807) is 19.1 Å². The molecule has 0 heterocycles. The van der Waals surface area contributed by atoms with Gasteiger partial charge in [0.2, 0.25) is 0 Å². The van der Waals surface area contributed by atoms with Gasteiger partial charge in [-0.15, -0.1) is 0 Å². The zero-order valence-electron chi connectivity index (χ0n) is 17.1. The molecule has 0 spiro atoms. The molecule has 0 aliphatic heterocycles. The fraction of sp³-hybridized carbons (Fsp3) is 0.0909. The Morgan fingerprint density at radius 3 is 1.78 bits per heavy atom. The number of carbonyl (C=O) groups excluding carboxylic acids is 2. The summed E-state index contributed by atoms with van der Waals surface area (Å²) in [5.74, 6) is -1.20. The molecule has 0 bridgehead atoms. The molecule has 0 radical (unpaired) electrons. The number of rotatable bonds is 6. The van der Waals surface area contributed by atoms with E-state index in [-0.39, 0.29) is 22.0 Å². The number of aryl methyl sites for hydroxylation is 2. The van der Waals surface area contributed by atoms with Crippen LogP contribution < -0.4 is 10.6 Å². The fourth-order valence-electron chi connectivity index (χ4n) is 3.20. The number of hydrogen-bond acceptors (Lipinski definition) is 4. The van der Waals surface area contributed by atoms with Gasteiger partial charge in [-0.1, -0.05) is 35.9 Å². The second kappa shape index (κ2) is 8.68. The quantitative estimate of drug-likeness (QED) is 0.314. The Hall–Kier alpha value is -2.70. The minimum Gasteiger partial charge on any atom is -0.321 e. The Morgan fingerprint density at radius 2 is 1.22 bits per heavy atom. The van der Waals surface area contributed by atoms with Gasteiger partial charge in [0.25, 0.3) is 0 Å². The van der Waals surface area contributed by atoms with Gasteiger partial charge in [0, 0.05) is 22.3 Å². The molecule has 3 rings (SSSR count). The molecule has 3 aromatic carbocycles. The van der Waals surface area contributed by atoms with Crippen LogP contribution in [0.2, 0.25) is 0 Å². The normalized spacial score (nSPS) is 11.9. The smallest absolute Gasteiger partial charge is 0.321 e. The van der Waals surface area contributed by atoms with E-state index in [9.17, 15) is 38.3 Å². The van der Waals surface area contributed by atoms with Crippen LogP contribution in [0.25, 0.3) is 0 Å². The van der Waals surface area contributed by atoms with E-state index < -0.39 is 32.1 Å². The van der Waals surface area contributed by atoms with Gasteiger partial charge in [0.15, 0.2) is 11.6 Å². The van der Waals surface area contributed by atoms with E-state index >= 15 is 0 Å². The summed E-state index contributed by atoms with van der Waals surface area (Å²) in [4.78, 5) is 63.9. The maximum atomic E-state index is 13.0. The van der Waals surface area contributed by atoms with Crippen molar-refractivity contribution in [1.82, 2.24) is 0 Å². The van der Waals surface area contributed by atoms with Crippen LogP contribution in [0.1, 0.15) is 43.0 Å². The third-order valence-electron chi connectivity index (χ3n) is 4.92. The molecule has 0 saturated heterocycles. The molecule has 0 aliphatic carbocycles. The van der Waals surface area contributed by atoms with E-state index in [0.717, 1.165) is 35.9 Å². The average molecular weight is 474 g/mol. The predicted molar refractivity (Wildman–Crippen MR) is 119 cm³/mol. The molecule has 4 N–H and O–H groups in total. The van der Waals surface area contributed by atoms with E-state index in [1.807, 2.05) is 13.0 Å². The minimum absolute atomic E-state index is 0.0189. The Balaban J connectivity index is 2.07. The second-order valence-corrected chi connectivity index (χ2v) is 10.5. The first-order valence-corrected chi connectivity index (χ1v) is 12.5. The molecule has 0 aliphatic rings. The zero-order chi connectivity index (χ0) is 23.8. The molecule has 10 heteroatoms. The lowest BCUT2D eigenvalue weighted by Gasteiger charge is -2.13. The van der Waals surface area contributed by atoms with Crippen molar-refractivity contribution in [2.75, 3.05) is 0 Å². The van der Waals surface area contributed by atoms with Crippen LogP contribution in [-0.2, 0) is 9.13 Å². The van der Waals surface area contributed by atoms with Crippen LogP contribution >= 0.6 is 15.2 Å². The second-order valence-electron chi connectivity index (χ2n) is 7.34. The molecule has 32 heavy (non-hydrogen) atoms. The molecule has 0 saturated carbocycles. The highest BCUT2D eigenvalue weighted by Crippen LogP contribution is 2.36. The molecular weight excluding hydrogens is 454 g/mol. The lowest BCUT2D eigenvalue weighted by atomic mass is 9.95. The van der Waals surface area contributed by atoms with E-state index in [0.29, 0.717) is 11.1 Å². The zero-order valence-corrected chi connectivity index (χ0v) is 18.9. The summed E-state index contributed by atoms with van der Waals surface area (Å²) >= 11 is 0. The van der Waals surface area contributed by atoms with Crippen LogP contribution in [0.4, 0.5) is 0 Å². The Labute approximate surface area is 183 Å². The molecule has 0 aromatic heterocycles. The van der Waals surface area contributed by atoms with Gasteiger partial charge in [-0.2, -0.15) is 0 Å². The van der Waals surface area contributed by atoms with Gasteiger partial charge in [0.1, 0.15) is 0 Å². The third kappa shape index (κ3) is 5.03. The highest BCUT2D eigenvalue weighted by Gasteiger charge is 2.28. The molecule has 8 nitrogen and oxygen atoms in total. The largest absolute Gasteiger partial charge is 0.356 e. The molecule has 0 fully saturated rings. The summed E-state index contributed by atoms with van der Waals surface area (Å²) in [6, 6.07) is 13.3. The third-order valence-corrected chi connectivity index (χ3v) is 6.89. The van der Waals surface area contributed by atoms with Gasteiger partial charge < -0.3 is 19.6 Å². The topological polar surface area (TPSA) is 149 Å². The van der Waals surface area contributed by atoms with Crippen molar-refractivity contribution in [1.29, 1.82) is 0 Å². The lowest BCUT2D eigenvalue weighted by Crippen LogP contribution is -2.19. The van der Waals surface area contributed by atoms with Crippen molar-refractivity contribution in [2.45, 2.75) is 13.8 Å². The van der Waals surface area contributed by atoms with Crippen molar-refractivity contribution in [3.05, 3.63) is 94.0 Å². The Bertz CT molecular complexity index is 1320. The van der Waals surface area contributed by atoms with Crippen LogP contribution in [0.3, 0.4) is 0 Å². The minimum atomic E-state index is -4.94. The molecular formula is C22H20O8P2. The molecule has 3 aromatic rings. The van der Waals surface area contributed by atoms with E-state index in [4.69, 9.17) is 0 Å². The van der Waals surface area contributed by atoms with Crippen molar-refractivity contribution >= 4 is 37.4 Å². The lowest BCUT2D eigenvalue weighted by molar-refractivity contribution is 0.102. The van der Waals surface area contributed by atoms with Crippen molar-refractivity contribution in [2.24, 2.45) is 0 Å². The molecule has 0 atom stereocenters. The molecule has 0 unspecified atom stereocenters. The Kier molecular flexibility index (Phi) is 6.50. The first kappa shape index (κ1) is 24.0. The van der Waals surface area contributed by atoms with E-state index in [2.05, 4.69) is 0 Å². The summed E-state index contributed by atoms with van der Waals surface area (Å²) in [6.07, 6.45) is 0. The summed E-state index contributed by atoms with van der Waals surface area (Å²) in [6.45, 7) is 3.56. The number of benzene rings is 3. The highest BCUT2D eigenvalue weighted by molar-refractivity contribution is 7.60. The van der Waals surface area contributed by atoms with Gasteiger partial charge in [-0.25, -0.2) is 0 Å². The number of hydrogen-bond donors (Lipinski definition) is 4. The molecule has 166 valence electrons. The SMILES string of the molecule is Cc1ccc(C)c(C(=O)c2ccc(C(=O)c3ccc(P(=O)(O)O)cc3)c(P(=O)(O)O)c2)c1. The van der Waals surface area contributed by atoms with Crippen molar-refractivity contribution < 1.29 is 38.3 Å². The van der Waals surface area contributed by atoms with Gasteiger partial charge in [0.05, 0.1) is 10.6 Å². The summed E-state index contributed by atoms with van der Waals surface area (Å²) < 4.78 is 23.4. The highest BCUT2D eigenvalue weighted by atomic mass is 31.2. The van der Waals surface area contributed by atoms with Gasteiger partial charge in [-0.05, 0) is 49.7 Å². The number of ketones is 2. The summed E-state index contributed by atoms with van der Waals surface area (Å²) in [5.41, 5.74) is 1.62. The predicted octanol–water partition coefficient (Wildman–Crippen LogP) is 2.37. The first-order valence-electron chi connectivity index (χ1n) is 9.32. The number of carbonyl (C=O) groups is 2. The molecule has 0 amide bonds. The van der Waals surface area contributed by atoms with Crippen LogP contribution in [0, 0.1) is 13.8 Å². The standard InChI is InChI=1S/C22H20O8P2/c1-13-3-4-14(2)19(11-13)22(24)16-7-10-18(20(12-16)32(28,29)30)21(23)15-5-8-17(9-6-15)31(25,26)27/h3-12H,1-2H3,(H2,25,26,27)(H2,28,29,30). The van der Waals surface area contributed by atoms with Gasteiger partial charge >= 0.3 is 15.2 Å². The average Bonchev–Trinajstić information content (AvgIpc) is 2.73. The van der Waals surface area contributed by atoms with E-state index in [1.165, 1.54) is 12.1 Å².